The number of nitrogens with one attached hydrogen (secondary N) is 1. The normalized spacial score (nSPS) is 25.3. The molecule has 0 bridgehead atoms. The van der Waals surface area contributed by atoms with Gasteiger partial charge in [0, 0.05) is 17.2 Å². The molecule has 0 saturated carbocycles. The second-order valence-electron chi connectivity index (χ2n) is 3.59. The van der Waals surface area contributed by atoms with Gasteiger partial charge in [-0.25, -0.2) is 0 Å². The summed E-state index contributed by atoms with van der Waals surface area (Å²) in [6.07, 6.45) is 1.13. The minimum absolute atomic E-state index is 0.0881. The quantitative estimate of drug-likeness (QED) is 0.448. The van der Waals surface area contributed by atoms with Crippen LogP contribution in [-0.4, -0.2) is 34.6 Å². The van der Waals surface area contributed by atoms with Crippen LogP contribution in [0.3, 0.4) is 0 Å². The number of nitrogens with zero attached hydrogens (tertiary/aromatic N) is 1. The van der Waals surface area contributed by atoms with Crippen molar-refractivity contribution in [3.63, 3.8) is 0 Å². The molecule has 0 radical (unpaired) electrons. The van der Waals surface area contributed by atoms with E-state index in [1.807, 2.05) is 5.32 Å². The van der Waals surface area contributed by atoms with Crippen molar-refractivity contribution >= 4 is 23.6 Å². The van der Waals surface area contributed by atoms with Crippen LogP contribution in [0, 0.1) is 0 Å². The maximum Gasteiger partial charge on any atom is 0.257 e. The van der Waals surface area contributed by atoms with E-state index in [1.165, 1.54) is 6.92 Å². The first-order chi connectivity index (χ1) is 7.43. The van der Waals surface area contributed by atoms with Gasteiger partial charge < -0.3 is 0 Å². The molecule has 0 aromatic carbocycles. The summed E-state index contributed by atoms with van der Waals surface area (Å²) < 4.78 is 0. The van der Waals surface area contributed by atoms with E-state index in [1.54, 1.807) is 0 Å². The fraction of sp³-hybridized carbons (Fsp3) is 0.200. The van der Waals surface area contributed by atoms with Crippen LogP contribution in [0.15, 0.2) is 23.8 Å². The topological polar surface area (TPSA) is 83.6 Å². The molecule has 1 unspecified atom stereocenters. The molecule has 1 atom stereocenters. The molecule has 1 saturated heterocycles. The van der Waals surface area contributed by atoms with Gasteiger partial charge in [0.05, 0.1) is 0 Å². The molecule has 1 fully saturated rings. The van der Waals surface area contributed by atoms with E-state index in [9.17, 15) is 19.2 Å². The number of rotatable bonds is 1. The molecule has 2 aliphatic rings. The lowest BCUT2D eigenvalue weighted by molar-refractivity contribution is -0.143. The highest BCUT2D eigenvalue weighted by Crippen LogP contribution is 2.22. The number of carbonyl (C=O) groups excluding carboxylic acids is 4. The molecule has 0 aromatic rings. The number of imide groups is 2. The van der Waals surface area contributed by atoms with E-state index >= 15 is 0 Å². The molecule has 1 N–H and O–H groups in total. The molecule has 6 heteroatoms. The Morgan fingerprint density at radius 1 is 1.31 bits per heavy atom. The number of carbonyl (C=O) groups is 4. The van der Waals surface area contributed by atoms with Gasteiger partial charge in [-0.15, -0.1) is 0 Å². The predicted molar refractivity (Wildman–Crippen MR) is 51.7 cm³/mol. The SMILES string of the molecule is C=C1C(=O)NC(=O)C1N1C(=O)C=C(C)C1=O. The van der Waals surface area contributed by atoms with Crippen LogP contribution < -0.4 is 5.32 Å². The first-order valence-electron chi connectivity index (χ1n) is 4.53. The average molecular weight is 220 g/mol. The minimum Gasteiger partial charge on any atom is -0.290 e. The third kappa shape index (κ3) is 1.19. The van der Waals surface area contributed by atoms with E-state index in [0.717, 1.165) is 11.0 Å². The fourth-order valence-electron chi connectivity index (χ4n) is 1.67. The van der Waals surface area contributed by atoms with Crippen LogP contribution in [0.4, 0.5) is 0 Å². The summed E-state index contributed by atoms with van der Waals surface area (Å²) in [6.45, 7) is 4.87. The Bertz CT molecular complexity index is 489. The summed E-state index contributed by atoms with van der Waals surface area (Å²) >= 11 is 0. The largest absolute Gasteiger partial charge is 0.290 e. The van der Waals surface area contributed by atoms with Crippen LogP contribution in [0.5, 0.6) is 0 Å². The Kier molecular flexibility index (Phi) is 2.01. The summed E-state index contributed by atoms with van der Waals surface area (Å²) in [7, 11) is 0. The fourth-order valence-corrected chi connectivity index (χ4v) is 1.67. The van der Waals surface area contributed by atoms with Crippen molar-refractivity contribution in [3.05, 3.63) is 23.8 Å². The Balaban J connectivity index is 2.38. The zero-order valence-corrected chi connectivity index (χ0v) is 8.44. The number of amides is 4. The highest BCUT2D eigenvalue weighted by Gasteiger charge is 2.46. The van der Waals surface area contributed by atoms with Crippen LogP contribution >= 0.6 is 0 Å². The first-order valence-corrected chi connectivity index (χ1v) is 4.53. The van der Waals surface area contributed by atoms with E-state index < -0.39 is 29.7 Å². The lowest BCUT2D eigenvalue weighted by atomic mass is 10.1. The van der Waals surface area contributed by atoms with E-state index in [2.05, 4.69) is 6.58 Å². The number of hydrogen-bond donors (Lipinski definition) is 1. The molecular formula is C10H8N2O4. The third-order valence-electron chi connectivity index (χ3n) is 2.50. The van der Waals surface area contributed by atoms with Crippen molar-refractivity contribution in [1.29, 1.82) is 0 Å². The first kappa shape index (κ1) is 10.3. The van der Waals surface area contributed by atoms with Gasteiger partial charge >= 0.3 is 0 Å². The summed E-state index contributed by atoms with van der Waals surface area (Å²) in [5, 5.41) is 2.00. The highest BCUT2D eigenvalue weighted by atomic mass is 16.2. The highest BCUT2D eigenvalue weighted by molar-refractivity contribution is 6.23. The van der Waals surface area contributed by atoms with Crippen LogP contribution in [-0.2, 0) is 19.2 Å². The van der Waals surface area contributed by atoms with E-state index in [0.29, 0.717) is 0 Å². The van der Waals surface area contributed by atoms with Gasteiger partial charge in [-0.3, -0.25) is 29.4 Å². The van der Waals surface area contributed by atoms with Crippen molar-refractivity contribution in [1.82, 2.24) is 10.2 Å². The minimum atomic E-state index is -1.21. The molecule has 2 aliphatic heterocycles. The van der Waals surface area contributed by atoms with Crippen molar-refractivity contribution < 1.29 is 19.2 Å². The summed E-state index contributed by atoms with van der Waals surface area (Å²) in [4.78, 5) is 46.4. The van der Waals surface area contributed by atoms with Gasteiger partial charge in [-0.1, -0.05) is 6.58 Å². The Morgan fingerprint density at radius 2 is 1.94 bits per heavy atom. The van der Waals surface area contributed by atoms with Crippen molar-refractivity contribution in [2.45, 2.75) is 13.0 Å². The summed E-state index contributed by atoms with van der Waals surface area (Å²) in [6, 6.07) is -1.21. The molecule has 0 spiro atoms. The number of hydrogen-bond acceptors (Lipinski definition) is 4. The molecule has 2 heterocycles. The van der Waals surface area contributed by atoms with Gasteiger partial charge in [0.15, 0.2) is 0 Å². The average Bonchev–Trinajstić information content (AvgIpc) is 2.57. The van der Waals surface area contributed by atoms with Gasteiger partial charge in [-0.05, 0) is 6.92 Å². The zero-order chi connectivity index (χ0) is 12.0. The zero-order valence-electron chi connectivity index (χ0n) is 8.44. The molecule has 0 aliphatic carbocycles. The summed E-state index contributed by atoms with van der Waals surface area (Å²) in [5.74, 6) is -2.51. The van der Waals surface area contributed by atoms with Crippen molar-refractivity contribution in [2.24, 2.45) is 0 Å². The lowest BCUT2D eigenvalue weighted by Crippen LogP contribution is -2.45. The van der Waals surface area contributed by atoms with Gasteiger partial charge in [0.1, 0.15) is 6.04 Å². The molecule has 0 aromatic heterocycles. The van der Waals surface area contributed by atoms with Crippen molar-refractivity contribution in [3.8, 4) is 0 Å². The molecule has 6 nitrogen and oxygen atoms in total. The van der Waals surface area contributed by atoms with Crippen LogP contribution in [0.1, 0.15) is 6.92 Å². The molecule has 82 valence electrons. The Labute approximate surface area is 90.6 Å². The molecule has 4 amide bonds. The molecule has 2 rings (SSSR count). The summed E-state index contributed by atoms with van der Waals surface area (Å²) in [5.41, 5.74) is 0.153. The predicted octanol–water partition coefficient (Wildman–Crippen LogP) is -1.12. The third-order valence-corrected chi connectivity index (χ3v) is 2.50. The Hall–Kier alpha value is -2.24. The van der Waals surface area contributed by atoms with Crippen LogP contribution in [0.2, 0.25) is 0 Å². The van der Waals surface area contributed by atoms with E-state index in [4.69, 9.17) is 0 Å². The second-order valence-corrected chi connectivity index (χ2v) is 3.59. The Morgan fingerprint density at radius 3 is 2.31 bits per heavy atom. The van der Waals surface area contributed by atoms with Gasteiger partial charge in [-0.2, -0.15) is 0 Å². The molecular weight excluding hydrogens is 212 g/mol. The van der Waals surface area contributed by atoms with Crippen molar-refractivity contribution in [2.75, 3.05) is 0 Å². The molecule has 16 heavy (non-hydrogen) atoms. The van der Waals surface area contributed by atoms with Crippen LogP contribution in [0.25, 0.3) is 0 Å². The second kappa shape index (κ2) is 3.13. The standard InChI is InChI=1S/C10H8N2O4/c1-4-3-6(13)12(10(4)16)7-5(2)8(14)11-9(7)15/h3,7H,2H2,1H3,(H,11,14,15). The van der Waals surface area contributed by atoms with E-state index in [-0.39, 0.29) is 11.1 Å². The lowest BCUT2D eigenvalue weighted by Gasteiger charge is -2.19. The maximum absolute atomic E-state index is 11.6. The van der Waals surface area contributed by atoms with Gasteiger partial charge in [0.2, 0.25) is 0 Å². The monoisotopic (exact) mass is 220 g/mol. The maximum atomic E-state index is 11.6. The van der Waals surface area contributed by atoms with Gasteiger partial charge in [0.25, 0.3) is 23.6 Å². The smallest absolute Gasteiger partial charge is 0.257 e.